The van der Waals surface area contributed by atoms with E-state index in [1.807, 2.05) is 0 Å². The molecular weight excluding hydrogens is 315 g/mol. The van der Waals surface area contributed by atoms with Gasteiger partial charge in [-0.1, -0.05) is 6.08 Å². The van der Waals surface area contributed by atoms with Gasteiger partial charge in [0.25, 0.3) is 0 Å². The van der Waals surface area contributed by atoms with E-state index in [9.17, 15) is 19.1 Å². The van der Waals surface area contributed by atoms with Gasteiger partial charge in [0.05, 0.1) is 16.7 Å². The quantitative estimate of drug-likeness (QED) is 0.519. The van der Waals surface area contributed by atoms with Gasteiger partial charge in [-0.25, -0.2) is 9.18 Å². The third-order valence-electron chi connectivity index (χ3n) is 4.02. The van der Waals surface area contributed by atoms with Gasteiger partial charge in [0.2, 0.25) is 0 Å². The highest BCUT2D eigenvalue weighted by atomic mass is 19.1. The smallest absolute Gasteiger partial charge is 0.334 e. The molecule has 0 bridgehead atoms. The SMILES string of the molecule is C/C=C(/C)C(=O)O[C@@H]1c2c(ccc(C(C)=O)c2F)O[C@@H]1C(C)(C)O. The lowest BCUT2D eigenvalue weighted by molar-refractivity contribution is -0.155. The Balaban J connectivity index is 2.54. The van der Waals surface area contributed by atoms with Crippen LogP contribution in [0.25, 0.3) is 0 Å². The van der Waals surface area contributed by atoms with Gasteiger partial charge in [0.1, 0.15) is 11.6 Å². The van der Waals surface area contributed by atoms with Gasteiger partial charge >= 0.3 is 5.97 Å². The van der Waals surface area contributed by atoms with E-state index in [0.717, 1.165) is 0 Å². The minimum absolute atomic E-state index is 0.0212. The van der Waals surface area contributed by atoms with Crippen molar-refractivity contribution in [3.05, 3.63) is 40.7 Å². The third kappa shape index (κ3) is 3.19. The number of rotatable bonds is 4. The summed E-state index contributed by atoms with van der Waals surface area (Å²) in [6, 6.07) is 2.77. The zero-order chi connectivity index (χ0) is 18.2. The second kappa shape index (κ2) is 6.36. The zero-order valence-corrected chi connectivity index (χ0v) is 14.3. The number of hydrogen-bond donors (Lipinski definition) is 1. The predicted octanol–water partition coefficient (Wildman–Crippen LogP) is 3.11. The van der Waals surface area contributed by atoms with E-state index in [1.54, 1.807) is 19.9 Å². The van der Waals surface area contributed by atoms with Gasteiger partial charge in [-0.2, -0.15) is 0 Å². The van der Waals surface area contributed by atoms with E-state index in [-0.39, 0.29) is 16.9 Å². The van der Waals surface area contributed by atoms with Gasteiger partial charge in [0.15, 0.2) is 18.0 Å². The van der Waals surface area contributed by atoms with Crippen LogP contribution >= 0.6 is 0 Å². The highest BCUT2D eigenvalue weighted by Gasteiger charge is 2.48. The molecule has 24 heavy (non-hydrogen) atoms. The Morgan fingerprint density at radius 3 is 2.46 bits per heavy atom. The van der Waals surface area contributed by atoms with Crippen molar-refractivity contribution < 1.29 is 28.6 Å². The summed E-state index contributed by atoms with van der Waals surface area (Å²) in [5, 5.41) is 10.3. The van der Waals surface area contributed by atoms with Gasteiger partial charge < -0.3 is 14.6 Å². The molecule has 0 amide bonds. The summed E-state index contributed by atoms with van der Waals surface area (Å²) in [6.07, 6.45) is -0.569. The number of carbonyl (C=O) groups is 2. The molecule has 1 aliphatic rings. The summed E-state index contributed by atoms with van der Waals surface area (Å²) in [5.74, 6) is -1.72. The minimum Gasteiger partial charge on any atom is -0.483 e. The molecule has 0 aromatic heterocycles. The number of carbonyl (C=O) groups excluding carboxylic acids is 2. The molecular formula is C18H21FO5. The molecule has 1 aliphatic heterocycles. The summed E-state index contributed by atoms with van der Waals surface area (Å²) in [5.41, 5.74) is -1.18. The summed E-state index contributed by atoms with van der Waals surface area (Å²) in [7, 11) is 0. The predicted molar refractivity (Wildman–Crippen MR) is 85.4 cm³/mol. The molecule has 0 saturated carbocycles. The molecule has 1 aromatic rings. The maximum Gasteiger partial charge on any atom is 0.334 e. The molecule has 2 atom stereocenters. The van der Waals surface area contributed by atoms with Crippen LogP contribution < -0.4 is 4.74 Å². The molecule has 0 radical (unpaired) electrons. The topological polar surface area (TPSA) is 72.8 Å². The van der Waals surface area contributed by atoms with Crippen molar-refractivity contribution >= 4 is 11.8 Å². The van der Waals surface area contributed by atoms with Crippen molar-refractivity contribution in [3.63, 3.8) is 0 Å². The first-order valence-corrected chi connectivity index (χ1v) is 7.64. The molecule has 0 saturated heterocycles. The molecule has 130 valence electrons. The number of allylic oxidation sites excluding steroid dienone is 1. The Labute approximate surface area is 140 Å². The van der Waals surface area contributed by atoms with Crippen molar-refractivity contribution in [1.82, 2.24) is 0 Å². The summed E-state index contributed by atoms with van der Waals surface area (Å²) >= 11 is 0. The lowest BCUT2D eigenvalue weighted by Crippen LogP contribution is -2.43. The van der Waals surface area contributed by atoms with Gasteiger partial charge in [-0.15, -0.1) is 0 Å². The first-order valence-electron chi connectivity index (χ1n) is 7.64. The maximum atomic E-state index is 14.8. The molecule has 2 rings (SSSR count). The second-order valence-electron chi connectivity index (χ2n) is 6.38. The first kappa shape index (κ1) is 18.1. The summed E-state index contributed by atoms with van der Waals surface area (Å²) in [6.45, 7) is 7.46. The van der Waals surface area contributed by atoms with Crippen LogP contribution in [0.4, 0.5) is 4.39 Å². The Morgan fingerprint density at radius 1 is 1.33 bits per heavy atom. The van der Waals surface area contributed by atoms with E-state index in [4.69, 9.17) is 9.47 Å². The molecule has 0 spiro atoms. The van der Waals surface area contributed by atoms with Crippen molar-refractivity contribution in [2.75, 3.05) is 0 Å². The van der Waals surface area contributed by atoms with Crippen molar-refractivity contribution in [2.24, 2.45) is 0 Å². The molecule has 1 heterocycles. The normalized spacial score (nSPS) is 20.4. The monoisotopic (exact) mass is 336 g/mol. The average Bonchev–Trinajstić information content (AvgIpc) is 2.85. The van der Waals surface area contributed by atoms with Crippen LogP contribution in [0.5, 0.6) is 5.75 Å². The van der Waals surface area contributed by atoms with Crippen LogP contribution in [0.15, 0.2) is 23.8 Å². The van der Waals surface area contributed by atoms with E-state index in [2.05, 4.69) is 0 Å². The number of hydrogen-bond acceptors (Lipinski definition) is 5. The van der Waals surface area contributed by atoms with Gasteiger partial charge in [0, 0.05) is 5.57 Å². The fourth-order valence-electron chi connectivity index (χ4n) is 2.53. The van der Waals surface area contributed by atoms with E-state index < -0.39 is 35.4 Å². The van der Waals surface area contributed by atoms with Crippen LogP contribution in [0.1, 0.15) is 56.6 Å². The number of esters is 1. The summed E-state index contributed by atoms with van der Waals surface area (Å²) < 4.78 is 25.8. The van der Waals surface area contributed by atoms with Crippen LogP contribution in [-0.2, 0) is 9.53 Å². The van der Waals surface area contributed by atoms with E-state index in [1.165, 1.54) is 32.9 Å². The minimum atomic E-state index is -1.39. The van der Waals surface area contributed by atoms with Crippen LogP contribution in [-0.4, -0.2) is 28.6 Å². The number of aliphatic hydroxyl groups is 1. The molecule has 5 nitrogen and oxygen atoms in total. The van der Waals surface area contributed by atoms with Crippen molar-refractivity contribution in [1.29, 1.82) is 0 Å². The Morgan fingerprint density at radius 2 is 1.96 bits per heavy atom. The van der Waals surface area contributed by atoms with Crippen molar-refractivity contribution in [3.8, 4) is 5.75 Å². The number of fused-ring (bicyclic) bond motifs is 1. The molecule has 0 aliphatic carbocycles. The Bertz CT molecular complexity index is 715. The first-order chi connectivity index (χ1) is 11.1. The van der Waals surface area contributed by atoms with E-state index >= 15 is 0 Å². The van der Waals surface area contributed by atoms with Crippen LogP contribution in [0.2, 0.25) is 0 Å². The van der Waals surface area contributed by atoms with Crippen LogP contribution in [0, 0.1) is 5.82 Å². The second-order valence-corrected chi connectivity index (χ2v) is 6.38. The fourth-order valence-corrected chi connectivity index (χ4v) is 2.53. The number of ether oxygens (including phenoxy) is 2. The molecule has 6 heteroatoms. The standard InChI is InChI=1S/C18H21FO5/c1-6-9(2)17(21)24-15-13-12(23-16(15)18(4,5)22)8-7-11(10(3)20)14(13)19/h6-8,15-16,22H,1-5H3/b9-6-/t15-,16+/m1/s1. The zero-order valence-electron chi connectivity index (χ0n) is 14.3. The number of halogens is 1. The van der Waals surface area contributed by atoms with Gasteiger partial charge in [-0.05, 0) is 46.8 Å². The highest BCUT2D eigenvalue weighted by Crippen LogP contribution is 2.45. The maximum absolute atomic E-state index is 14.8. The Kier molecular flexibility index (Phi) is 4.80. The molecule has 1 N–H and O–H groups in total. The number of benzene rings is 1. The Hall–Kier alpha value is -2.21. The highest BCUT2D eigenvalue weighted by molar-refractivity contribution is 5.95. The lowest BCUT2D eigenvalue weighted by atomic mass is 9.93. The molecule has 0 fully saturated rings. The molecule has 1 aromatic carbocycles. The van der Waals surface area contributed by atoms with Crippen molar-refractivity contribution in [2.45, 2.75) is 52.4 Å². The fraction of sp³-hybridized carbons (Fsp3) is 0.444. The van der Waals surface area contributed by atoms with Crippen LogP contribution in [0.3, 0.4) is 0 Å². The van der Waals surface area contributed by atoms with E-state index in [0.29, 0.717) is 5.57 Å². The number of ketones is 1. The largest absolute Gasteiger partial charge is 0.483 e. The average molecular weight is 336 g/mol. The lowest BCUT2D eigenvalue weighted by Gasteiger charge is -2.29. The molecule has 0 unspecified atom stereocenters. The third-order valence-corrected chi connectivity index (χ3v) is 4.02. The summed E-state index contributed by atoms with van der Waals surface area (Å²) in [4.78, 5) is 23.7. The van der Waals surface area contributed by atoms with Gasteiger partial charge in [-0.3, -0.25) is 4.79 Å². The number of Topliss-reactive ketones (excluding diaryl/α,β-unsaturated/α-hetero) is 1.